The van der Waals surface area contributed by atoms with Crippen molar-refractivity contribution in [3.63, 3.8) is 0 Å². The van der Waals surface area contributed by atoms with E-state index >= 15 is 0 Å². The van der Waals surface area contributed by atoms with Crippen molar-refractivity contribution in [3.8, 4) is 0 Å². The van der Waals surface area contributed by atoms with Crippen LogP contribution in [0.2, 0.25) is 0 Å². The number of fused-ring (bicyclic) bond motifs is 1. The van der Waals surface area contributed by atoms with Crippen molar-refractivity contribution in [2.75, 3.05) is 31.6 Å². The van der Waals surface area contributed by atoms with Crippen LogP contribution in [-0.2, 0) is 14.9 Å². The van der Waals surface area contributed by atoms with E-state index in [1.165, 1.54) is 29.5 Å². The van der Waals surface area contributed by atoms with Gasteiger partial charge in [-0.25, -0.2) is 9.18 Å². The lowest BCUT2D eigenvalue weighted by atomic mass is 9.86. The molecule has 3 aliphatic rings. The largest absolute Gasteiger partial charge is 0.446 e. The second kappa shape index (κ2) is 9.87. The number of ether oxygens (including phenoxy) is 2. The molecule has 2 aliphatic heterocycles. The van der Waals surface area contributed by atoms with Crippen LogP contribution in [0.5, 0.6) is 0 Å². The van der Waals surface area contributed by atoms with E-state index < -0.39 is 0 Å². The maximum atomic E-state index is 13.4. The summed E-state index contributed by atoms with van der Waals surface area (Å²) in [6, 6.07) is 20.9. The molecule has 3 aromatic carbocycles. The Bertz CT molecular complexity index is 1340. The molecule has 2 N–H and O–H groups in total. The fourth-order valence-corrected chi connectivity index (χ4v) is 6.56. The molecule has 38 heavy (non-hydrogen) atoms. The van der Waals surface area contributed by atoms with E-state index in [2.05, 4.69) is 48.6 Å². The Hall–Kier alpha value is -3.71. The smallest absolute Gasteiger partial charge is 0.410 e. The van der Waals surface area contributed by atoms with Crippen LogP contribution in [0.4, 0.5) is 20.6 Å². The molecule has 0 aromatic heterocycles. The average Bonchev–Trinajstić information content (AvgIpc) is 3.39. The van der Waals surface area contributed by atoms with Gasteiger partial charge in [-0.1, -0.05) is 30.3 Å². The van der Waals surface area contributed by atoms with Gasteiger partial charge in [0.2, 0.25) is 0 Å². The third-order valence-electron chi connectivity index (χ3n) is 8.41. The molecule has 7 heteroatoms. The van der Waals surface area contributed by atoms with E-state index in [-0.39, 0.29) is 29.3 Å². The molecule has 2 heterocycles. The number of nitrogens with zero attached hydrogens (tertiary/aromatic N) is 1. The number of anilines is 2. The van der Waals surface area contributed by atoms with Crippen molar-refractivity contribution < 1.29 is 18.7 Å². The number of halogens is 1. The number of likely N-dealkylation sites (tertiary alicyclic amines) is 1. The first kappa shape index (κ1) is 24.6. The molecule has 1 saturated carbocycles. The Morgan fingerprint density at radius 1 is 1.13 bits per heavy atom. The van der Waals surface area contributed by atoms with Gasteiger partial charge < -0.3 is 25.1 Å². The van der Waals surface area contributed by atoms with Crippen LogP contribution >= 0.6 is 0 Å². The fraction of sp³-hybridized carbons (Fsp3) is 0.355. The molecule has 3 fully saturated rings. The lowest BCUT2D eigenvalue weighted by Gasteiger charge is -2.28. The highest BCUT2D eigenvalue weighted by Gasteiger charge is 2.71. The highest BCUT2D eigenvalue weighted by atomic mass is 19.1. The summed E-state index contributed by atoms with van der Waals surface area (Å²) in [5.74, 6) is 0.283. The van der Waals surface area contributed by atoms with Crippen molar-refractivity contribution in [2.45, 2.75) is 37.2 Å². The second-order valence-electron chi connectivity index (χ2n) is 10.6. The van der Waals surface area contributed by atoms with Gasteiger partial charge in [-0.15, -0.1) is 0 Å². The number of aryl methyl sites for hydroxylation is 1. The van der Waals surface area contributed by atoms with E-state index in [9.17, 15) is 9.18 Å². The highest BCUT2D eigenvalue weighted by Crippen LogP contribution is 2.69. The normalized spacial score (nSPS) is 24.5. The van der Waals surface area contributed by atoms with E-state index in [1.54, 1.807) is 12.1 Å². The van der Waals surface area contributed by atoms with Crippen LogP contribution < -0.4 is 5.32 Å². The van der Waals surface area contributed by atoms with Gasteiger partial charge in [0.05, 0.1) is 13.2 Å². The number of nitrogens with one attached hydrogen (secondary N) is 2. The molecule has 196 valence electrons. The Balaban J connectivity index is 1.32. The fourth-order valence-electron chi connectivity index (χ4n) is 6.56. The van der Waals surface area contributed by atoms with Crippen LogP contribution in [0.15, 0.2) is 66.7 Å². The van der Waals surface area contributed by atoms with Crippen LogP contribution in [0.1, 0.15) is 41.0 Å². The first-order valence-corrected chi connectivity index (χ1v) is 13.3. The SMILES string of the molecule is Cc1cc(Nc2ccc(F)cc2)c(C=N)cc1C12CN(C(=O)OC3CCOCC3)CC1C2c1ccccc1. The van der Waals surface area contributed by atoms with E-state index in [0.29, 0.717) is 32.2 Å². The van der Waals surface area contributed by atoms with Gasteiger partial charge >= 0.3 is 6.09 Å². The Kier molecular flexibility index (Phi) is 6.40. The molecule has 1 aliphatic carbocycles. The zero-order chi connectivity index (χ0) is 26.3. The van der Waals surface area contributed by atoms with Crippen LogP contribution in [0.25, 0.3) is 0 Å². The summed E-state index contributed by atoms with van der Waals surface area (Å²) in [6.07, 6.45) is 2.51. The zero-order valence-electron chi connectivity index (χ0n) is 21.5. The minimum absolute atomic E-state index is 0.0860. The number of hydrogen-bond donors (Lipinski definition) is 2. The molecule has 3 aromatic rings. The van der Waals surface area contributed by atoms with E-state index in [1.807, 2.05) is 11.0 Å². The number of piperidine rings is 1. The monoisotopic (exact) mass is 513 g/mol. The number of amides is 1. The molecule has 0 spiro atoms. The average molecular weight is 514 g/mol. The number of carbonyl (C=O) groups excluding carboxylic acids is 1. The third kappa shape index (κ3) is 4.35. The van der Waals surface area contributed by atoms with Crippen LogP contribution in [0, 0.1) is 24.1 Å². The molecule has 1 amide bonds. The van der Waals surface area contributed by atoms with Crippen molar-refractivity contribution >= 4 is 23.7 Å². The maximum Gasteiger partial charge on any atom is 0.410 e. The second-order valence-corrected chi connectivity index (χ2v) is 10.6. The first-order chi connectivity index (χ1) is 18.5. The van der Waals surface area contributed by atoms with Gasteiger partial charge in [-0.2, -0.15) is 0 Å². The van der Waals surface area contributed by atoms with Gasteiger partial charge in [0.25, 0.3) is 0 Å². The summed E-state index contributed by atoms with van der Waals surface area (Å²) in [6.45, 7) is 4.59. The third-order valence-corrected chi connectivity index (χ3v) is 8.41. The van der Waals surface area contributed by atoms with E-state index in [0.717, 1.165) is 35.3 Å². The minimum Gasteiger partial charge on any atom is -0.446 e. The topological polar surface area (TPSA) is 74.7 Å². The van der Waals surface area contributed by atoms with Gasteiger partial charge in [0.1, 0.15) is 11.9 Å². The summed E-state index contributed by atoms with van der Waals surface area (Å²) in [7, 11) is 0. The molecular formula is C31H32FN3O3. The summed E-state index contributed by atoms with van der Waals surface area (Å²) in [5, 5.41) is 11.5. The van der Waals surface area contributed by atoms with Gasteiger partial charge in [0.15, 0.2) is 0 Å². The molecular weight excluding hydrogens is 481 g/mol. The van der Waals surface area contributed by atoms with Crippen molar-refractivity contribution in [2.24, 2.45) is 5.92 Å². The molecule has 2 saturated heterocycles. The van der Waals surface area contributed by atoms with Crippen molar-refractivity contribution in [1.29, 1.82) is 5.41 Å². The number of rotatable bonds is 6. The summed E-state index contributed by atoms with van der Waals surface area (Å²) < 4.78 is 24.7. The van der Waals surface area contributed by atoms with Crippen molar-refractivity contribution in [1.82, 2.24) is 4.90 Å². The lowest BCUT2D eigenvalue weighted by Crippen LogP contribution is -2.38. The van der Waals surface area contributed by atoms with Gasteiger partial charge in [-0.3, -0.25) is 0 Å². The molecule has 6 rings (SSSR count). The Morgan fingerprint density at radius 2 is 1.87 bits per heavy atom. The molecule has 3 atom stereocenters. The highest BCUT2D eigenvalue weighted by molar-refractivity contribution is 5.88. The zero-order valence-corrected chi connectivity index (χ0v) is 21.5. The molecule has 6 nitrogen and oxygen atoms in total. The van der Waals surface area contributed by atoms with Gasteiger partial charge in [0, 0.05) is 60.4 Å². The Labute approximate surface area is 222 Å². The Morgan fingerprint density at radius 3 is 2.58 bits per heavy atom. The molecule has 3 unspecified atom stereocenters. The quantitative estimate of drug-likeness (QED) is 0.387. The molecule has 0 bridgehead atoms. The van der Waals surface area contributed by atoms with Crippen LogP contribution in [-0.4, -0.2) is 49.6 Å². The summed E-state index contributed by atoms with van der Waals surface area (Å²) in [4.78, 5) is 15.0. The predicted octanol–water partition coefficient (Wildman–Crippen LogP) is 6.16. The summed E-state index contributed by atoms with van der Waals surface area (Å²) >= 11 is 0. The van der Waals surface area contributed by atoms with E-state index in [4.69, 9.17) is 14.9 Å². The first-order valence-electron chi connectivity index (χ1n) is 13.3. The number of benzene rings is 3. The number of hydrogen-bond acceptors (Lipinski definition) is 5. The van der Waals surface area contributed by atoms with Gasteiger partial charge in [-0.05, 0) is 65.9 Å². The lowest BCUT2D eigenvalue weighted by molar-refractivity contribution is -0.00944. The van der Waals surface area contributed by atoms with Crippen molar-refractivity contribution in [3.05, 3.63) is 94.8 Å². The summed E-state index contributed by atoms with van der Waals surface area (Å²) in [5.41, 5.74) is 5.63. The maximum absolute atomic E-state index is 13.4. The predicted molar refractivity (Wildman–Crippen MR) is 145 cm³/mol. The van der Waals surface area contributed by atoms with Crippen LogP contribution in [0.3, 0.4) is 0 Å². The molecule has 0 radical (unpaired) electrons. The minimum atomic E-state index is -0.290. The standard InChI is InChI=1S/C31H32FN3O3/c1-20-15-28(34-24-9-7-23(32)8-10-24)22(17-33)16-26(20)31-19-35(30(36)38-25-11-13-37-14-12-25)18-27(31)29(31)21-5-3-2-4-6-21/h2-10,15-17,25,27,29,33-34H,11-14,18-19H2,1H3. The number of carbonyl (C=O) groups is 1.